The zero-order chi connectivity index (χ0) is 10.5. The summed E-state index contributed by atoms with van der Waals surface area (Å²) >= 11 is 0. The van der Waals surface area contributed by atoms with E-state index in [1.54, 1.807) is 0 Å². The van der Waals surface area contributed by atoms with Crippen molar-refractivity contribution in [1.82, 2.24) is 10.2 Å². The van der Waals surface area contributed by atoms with Gasteiger partial charge in [0.1, 0.15) is 0 Å². The molecule has 0 aliphatic carbocycles. The van der Waals surface area contributed by atoms with Crippen LogP contribution >= 0.6 is 0 Å². The molecule has 2 unspecified atom stereocenters. The number of nitrogens with zero attached hydrogens (tertiary/aromatic N) is 1. The minimum absolute atomic E-state index is 0.792. The molecule has 2 fully saturated rings. The standard InChI is InChI=1S/C13H26N2/c1-12(15-9-5-2-6-10-15)11-13-7-3-4-8-14-13/h12-14H,2-11H2,1H3. The number of nitrogens with one attached hydrogen (secondary N) is 1. The Morgan fingerprint density at radius 2 is 1.93 bits per heavy atom. The summed E-state index contributed by atoms with van der Waals surface area (Å²) in [6.07, 6.45) is 9.87. The highest BCUT2D eigenvalue weighted by Gasteiger charge is 2.21. The Kier molecular flexibility index (Phi) is 4.45. The van der Waals surface area contributed by atoms with Gasteiger partial charge in [0.25, 0.3) is 0 Å². The molecule has 2 aliphatic heterocycles. The van der Waals surface area contributed by atoms with E-state index >= 15 is 0 Å². The fraction of sp³-hybridized carbons (Fsp3) is 1.00. The fourth-order valence-electron chi connectivity index (χ4n) is 3.05. The van der Waals surface area contributed by atoms with Crippen LogP contribution in [0.15, 0.2) is 0 Å². The van der Waals surface area contributed by atoms with Gasteiger partial charge >= 0.3 is 0 Å². The molecule has 2 atom stereocenters. The lowest BCUT2D eigenvalue weighted by molar-refractivity contribution is 0.152. The smallest absolute Gasteiger partial charge is 0.00818 e. The predicted octanol–water partition coefficient (Wildman–Crippen LogP) is 2.39. The van der Waals surface area contributed by atoms with Crippen LogP contribution in [-0.4, -0.2) is 36.6 Å². The molecular weight excluding hydrogens is 184 g/mol. The molecule has 15 heavy (non-hydrogen) atoms. The second kappa shape index (κ2) is 5.86. The molecule has 0 radical (unpaired) electrons. The van der Waals surface area contributed by atoms with Gasteiger partial charge < -0.3 is 10.2 Å². The Bertz CT molecular complexity index is 169. The maximum atomic E-state index is 3.66. The van der Waals surface area contributed by atoms with Crippen molar-refractivity contribution >= 4 is 0 Å². The second-order valence-electron chi connectivity index (χ2n) is 5.33. The Morgan fingerprint density at radius 3 is 2.60 bits per heavy atom. The van der Waals surface area contributed by atoms with E-state index in [0.717, 1.165) is 12.1 Å². The topological polar surface area (TPSA) is 15.3 Å². The first-order valence-electron chi connectivity index (χ1n) is 6.83. The van der Waals surface area contributed by atoms with Gasteiger partial charge in [-0.15, -0.1) is 0 Å². The van der Waals surface area contributed by atoms with Crippen molar-refractivity contribution in [3.8, 4) is 0 Å². The quantitative estimate of drug-likeness (QED) is 0.769. The van der Waals surface area contributed by atoms with E-state index in [0.29, 0.717) is 0 Å². The highest BCUT2D eigenvalue weighted by molar-refractivity contribution is 4.79. The highest BCUT2D eigenvalue weighted by Crippen LogP contribution is 2.18. The highest BCUT2D eigenvalue weighted by atomic mass is 15.2. The first kappa shape index (κ1) is 11.4. The zero-order valence-corrected chi connectivity index (χ0v) is 10.2. The maximum absolute atomic E-state index is 3.66. The normalized spacial score (nSPS) is 31.4. The molecule has 0 saturated carbocycles. The molecule has 2 heterocycles. The minimum Gasteiger partial charge on any atom is -0.314 e. The van der Waals surface area contributed by atoms with Crippen LogP contribution in [-0.2, 0) is 0 Å². The third-order valence-corrected chi connectivity index (χ3v) is 4.05. The monoisotopic (exact) mass is 210 g/mol. The van der Waals surface area contributed by atoms with Gasteiger partial charge in [-0.25, -0.2) is 0 Å². The van der Waals surface area contributed by atoms with Crippen molar-refractivity contribution < 1.29 is 0 Å². The van der Waals surface area contributed by atoms with Crippen LogP contribution in [0.3, 0.4) is 0 Å². The summed E-state index contributed by atoms with van der Waals surface area (Å²) < 4.78 is 0. The van der Waals surface area contributed by atoms with Crippen molar-refractivity contribution in [1.29, 1.82) is 0 Å². The number of likely N-dealkylation sites (tertiary alicyclic amines) is 1. The van der Waals surface area contributed by atoms with Crippen molar-refractivity contribution in [2.45, 2.75) is 64.0 Å². The predicted molar refractivity (Wildman–Crippen MR) is 65.1 cm³/mol. The molecule has 0 amide bonds. The number of hydrogen-bond acceptors (Lipinski definition) is 2. The molecule has 1 N–H and O–H groups in total. The van der Waals surface area contributed by atoms with Crippen LogP contribution in [0.1, 0.15) is 51.9 Å². The maximum Gasteiger partial charge on any atom is 0.00818 e. The van der Waals surface area contributed by atoms with Crippen LogP contribution in [0.4, 0.5) is 0 Å². The van der Waals surface area contributed by atoms with Crippen LogP contribution < -0.4 is 5.32 Å². The second-order valence-corrected chi connectivity index (χ2v) is 5.33. The molecule has 0 spiro atoms. The van der Waals surface area contributed by atoms with E-state index in [1.165, 1.54) is 64.6 Å². The SMILES string of the molecule is CC(CC1CCCCN1)N1CCCCC1. The third-order valence-electron chi connectivity index (χ3n) is 4.05. The molecule has 0 aromatic rings. The molecule has 88 valence electrons. The summed E-state index contributed by atoms with van der Waals surface area (Å²) in [6, 6.07) is 1.59. The third kappa shape index (κ3) is 3.46. The first-order chi connectivity index (χ1) is 7.36. The van der Waals surface area contributed by atoms with Gasteiger partial charge in [-0.1, -0.05) is 12.8 Å². The van der Waals surface area contributed by atoms with E-state index in [-0.39, 0.29) is 0 Å². The minimum atomic E-state index is 0.792. The number of piperidine rings is 2. The van der Waals surface area contributed by atoms with Gasteiger partial charge in [0, 0.05) is 12.1 Å². The van der Waals surface area contributed by atoms with Gasteiger partial charge in [-0.2, -0.15) is 0 Å². The Morgan fingerprint density at radius 1 is 1.13 bits per heavy atom. The number of hydrogen-bond donors (Lipinski definition) is 1. The molecular formula is C13H26N2. The average molecular weight is 210 g/mol. The summed E-state index contributed by atoms with van der Waals surface area (Å²) in [5, 5.41) is 3.66. The molecule has 0 bridgehead atoms. The number of rotatable bonds is 3. The Hall–Kier alpha value is -0.0800. The Balaban J connectivity index is 1.72. The molecule has 2 heteroatoms. The molecule has 2 aliphatic rings. The molecule has 0 aromatic carbocycles. The molecule has 2 nitrogen and oxygen atoms in total. The van der Waals surface area contributed by atoms with E-state index in [1.807, 2.05) is 0 Å². The fourth-order valence-corrected chi connectivity index (χ4v) is 3.05. The Labute approximate surface area is 94.4 Å². The van der Waals surface area contributed by atoms with Crippen molar-refractivity contribution in [2.75, 3.05) is 19.6 Å². The van der Waals surface area contributed by atoms with E-state index in [2.05, 4.69) is 17.1 Å². The van der Waals surface area contributed by atoms with Crippen LogP contribution in [0.2, 0.25) is 0 Å². The van der Waals surface area contributed by atoms with Gasteiger partial charge in [0.05, 0.1) is 0 Å². The lowest BCUT2D eigenvalue weighted by atomic mass is 9.97. The summed E-state index contributed by atoms with van der Waals surface area (Å²) in [5.74, 6) is 0. The van der Waals surface area contributed by atoms with Crippen molar-refractivity contribution in [3.05, 3.63) is 0 Å². The van der Waals surface area contributed by atoms with Crippen LogP contribution in [0.25, 0.3) is 0 Å². The van der Waals surface area contributed by atoms with Crippen molar-refractivity contribution in [3.63, 3.8) is 0 Å². The van der Waals surface area contributed by atoms with E-state index < -0.39 is 0 Å². The lowest BCUT2D eigenvalue weighted by Gasteiger charge is -2.35. The van der Waals surface area contributed by atoms with Crippen molar-refractivity contribution in [2.24, 2.45) is 0 Å². The van der Waals surface area contributed by atoms with E-state index in [9.17, 15) is 0 Å². The van der Waals surface area contributed by atoms with Gasteiger partial charge in [-0.05, 0) is 58.7 Å². The molecule has 2 rings (SSSR count). The summed E-state index contributed by atoms with van der Waals surface area (Å²) in [5.41, 5.74) is 0. The van der Waals surface area contributed by atoms with Crippen LogP contribution in [0.5, 0.6) is 0 Å². The summed E-state index contributed by atoms with van der Waals surface area (Å²) in [6.45, 7) is 6.35. The molecule has 2 saturated heterocycles. The first-order valence-corrected chi connectivity index (χ1v) is 6.83. The largest absolute Gasteiger partial charge is 0.314 e. The van der Waals surface area contributed by atoms with Crippen LogP contribution in [0, 0.1) is 0 Å². The zero-order valence-electron chi connectivity index (χ0n) is 10.2. The van der Waals surface area contributed by atoms with Gasteiger partial charge in [-0.3, -0.25) is 0 Å². The van der Waals surface area contributed by atoms with E-state index in [4.69, 9.17) is 0 Å². The van der Waals surface area contributed by atoms with Gasteiger partial charge in [0.2, 0.25) is 0 Å². The lowest BCUT2D eigenvalue weighted by Crippen LogP contribution is -2.43. The summed E-state index contributed by atoms with van der Waals surface area (Å²) in [7, 11) is 0. The van der Waals surface area contributed by atoms with Gasteiger partial charge in [0.15, 0.2) is 0 Å². The average Bonchev–Trinajstić information content (AvgIpc) is 2.31. The molecule has 0 aromatic heterocycles. The summed E-state index contributed by atoms with van der Waals surface area (Å²) in [4.78, 5) is 2.69.